The maximum atomic E-state index is 5.00. The van der Waals surface area contributed by atoms with Gasteiger partial charge in [-0.05, 0) is 68.6 Å². The van der Waals surface area contributed by atoms with Gasteiger partial charge in [0.2, 0.25) is 0 Å². The van der Waals surface area contributed by atoms with Crippen LogP contribution in [0.3, 0.4) is 0 Å². The van der Waals surface area contributed by atoms with E-state index in [1.807, 2.05) is 30.7 Å². The van der Waals surface area contributed by atoms with E-state index >= 15 is 0 Å². The molecule has 4 heterocycles. The van der Waals surface area contributed by atoms with Crippen LogP contribution in [-0.4, -0.2) is 26.9 Å². The number of pyridine rings is 3. The van der Waals surface area contributed by atoms with E-state index in [0.717, 1.165) is 30.7 Å². The highest BCUT2D eigenvalue weighted by Gasteiger charge is 2.31. The Kier molecular flexibility index (Phi) is 5.26. The van der Waals surface area contributed by atoms with Crippen molar-refractivity contribution in [2.75, 3.05) is 7.05 Å². The number of nitrogens with zero attached hydrogens (tertiary/aromatic N) is 4. The number of likely N-dealkylation sites (tertiary alicyclic amines) is 1. The highest BCUT2D eigenvalue weighted by molar-refractivity contribution is 5.24. The lowest BCUT2D eigenvalue weighted by Crippen LogP contribution is -2.34. The molecule has 4 nitrogen and oxygen atoms in total. The predicted octanol–water partition coefficient (Wildman–Crippen LogP) is 4.67. The molecular formula is C23H26N4. The third-order valence-corrected chi connectivity index (χ3v) is 5.58. The Hall–Kier alpha value is -2.59. The molecule has 4 rings (SSSR count). The monoisotopic (exact) mass is 358 g/mol. The Morgan fingerprint density at radius 3 is 2.67 bits per heavy atom. The van der Waals surface area contributed by atoms with Crippen LogP contribution in [0.25, 0.3) is 0 Å². The van der Waals surface area contributed by atoms with E-state index in [-0.39, 0.29) is 0 Å². The maximum Gasteiger partial charge on any atom is 0.0604 e. The quantitative estimate of drug-likeness (QED) is 0.680. The first kappa shape index (κ1) is 17.8. The van der Waals surface area contributed by atoms with Crippen LogP contribution in [0, 0.1) is 6.92 Å². The average Bonchev–Trinajstić information content (AvgIpc) is 2.70. The molecule has 1 aliphatic rings. The first-order chi connectivity index (χ1) is 13.2. The Morgan fingerprint density at radius 1 is 1.00 bits per heavy atom. The van der Waals surface area contributed by atoms with E-state index in [9.17, 15) is 0 Å². The van der Waals surface area contributed by atoms with Crippen molar-refractivity contribution >= 4 is 0 Å². The highest BCUT2D eigenvalue weighted by atomic mass is 15.2. The van der Waals surface area contributed by atoms with Gasteiger partial charge in [-0.15, -0.1) is 0 Å². The largest absolute Gasteiger partial charge is 0.289 e. The molecule has 0 aliphatic carbocycles. The Labute approximate surface area is 161 Å². The SMILES string of the molecule is Cc1cccnc1C1CCCC(c2cccc(Cc3cccnc3)n2)N1C. The zero-order valence-corrected chi connectivity index (χ0v) is 16.0. The lowest BCUT2D eigenvalue weighted by atomic mass is 9.90. The van der Waals surface area contributed by atoms with Crippen LogP contribution in [-0.2, 0) is 6.42 Å². The smallest absolute Gasteiger partial charge is 0.0604 e. The van der Waals surface area contributed by atoms with E-state index in [0.29, 0.717) is 12.1 Å². The summed E-state index contributed by atoms with van der Waals surface area (Å²) in [5.74, 6) is 0. The molecule has 27 heavy (non-hydrogen) atoms. The number of piperidine rings is 1. The third kappa shape index (κ3) is 3.91. The van der Waals surface area contributed by atoms with Gasteiger partial charge in [-0.3, -0.25) is 19.9 Å². The molecule has 4 heteroatoms. The molecule has 3 aromatic heterocycles. The molecule has 0 saturated carbocycles. The molecule has 3 aromatic rings. The van der Waals surface area contributed by atoms with Gasteiger partial charge in [-0.25, -0.2) is 0 Å². The molecule has 0 amide bonds. The molecule has 1 fully saturated rings. The van der Waals surface area contributed by atoms with Gasteiger partial charge in [-0.1, -0.05) is 18.2 Å². The molecule has 0 aromatic carbocycles. The predicted molar refractivity (Wildman–Crippen MR) is 107 cm³/mol. The van der Waals surface area contributed by atoms with Crippen molar-refractivity contribution in [2.45, 2.75) is 44.7 Å². The van der Waals surface area contributed by atoms with E-state index in [4.69, 9.17) is 4.98 Å². The topological polar surface area (TPSA) is 41.9 Å². The molecule has 0 N–H and O–H groups in total. The Bertz CT molecular complexity index is 894. The standard InChI is InChI=1S/C23H26N4/c1-17-7-5-14-25-23(17)22-12-4-11-21(27(22)2)20-10-3-9-19(26-20)15-18-8-6-13-24-16-18/h3,5-10,13-14,16,21-22H,4,11-12,15H2,1-2H3. The van der Waals surface area contributed by atoms with E-state index < -0.39 is 0 Å². The summed E-state index contributed by atoms with van der Waals surface area (Å²) in [6, 6.07) is 15.4. The first-order valence-corrected chi connectivity index (χ1v) is 9.70. The van der Waals surface area contributed by atoms with Crippen LogP contribution in [0.5, 0.6) is 0 Å². The van der Waals surface area contributed by atoms with Gasteiger partial charge in [0.25, 0.3) is 0 Å². The second-order valence-corrected chi connectivity index (χ2v) is 7.43. The minimum Gasteiger partial charge on any atom is -0.289 e. The number of aromatic nitrogens is 3. The summed E-state index contributed by atoms with van der Waals surface area (Å²) in [7, 11) is 2.22. The Morgan fingerprint density at radius 2 is 1.85 bits per heavy atom. The molecule has 138 valence electrons. The summed E-state index contributed by atoms with van der Waals surface area (Å²) in [6.07, 6.45) is 9.95. The van der Waals surface area contributed by atoms with Crippen molar-refractivity contribution in [1.29, 1.82) is 0 Å². The second-order valence-electron chi connectivity index (χ2n) is 7.43. The second kappa shape index (κ2) is 7.97. The maximum absolute atomic E-state index is 5.00. The van der Waals surface area contributed by atoms with Crippen molar-refractivity contribution in [3.8, 4) is 0 Å². The summed E-state index contributed by atoms with van der Waals surface area (Å²) in [4.78, 5) is 16.4. The minimum absolute atomic E-state index is 0.332. The van der Waals surface area contributed by atoms with Crippen LogP contribution in [0.1, 0.15) is 59.6 Å². The third-order valence-electron chi connectivity index (χ3n) is 5.58. The average molecular weight is 358 g/mol. The van der Waals surface area contributed by atoms with Crippen molar-refractivity contribution < 1.29 is 0 Å². The van der Waals surface area contributed by atoms with Crippen LogP contribution in [0.4, 0.5) is 0 Å². The van der Waals surface area contributed by atoms with Gasteiger partial charge < -0.3 is 0 Å². The molecule has 1 saturated heterocycles. The summed E-state index contributed by atoms with van der Waals surface area (Å²) in [5, 5.41) is 0. The number of rotatable bonds is 4. The molecule has 2 unspecified atom stereocenters. The number of hydrogen-bond donors (Lipinski definition) is 0. The Balaban J connectivity index is 1.57. The van der Waals surface area contributed by atoms with E-state index in [1.165, 1.54) is 23.2 Å². The number of aryl methyl sites for hydroxylation is 1. The minimum atomic E-state index is 0.332. The zero-order valence-electron chi connectivity index (χ0n) is 16.0. The van der Waals surface area contributed by atoms with Crippen molar-refractivity contribution in [3.05, 3.63) is 89.3 Å². The molecule has 0 radical (unpaired) electrons. The van der Waals surface area contributed by atoms with Gasteiger partial charge >= 0.3 is 0 Å². The van der Waals surface area contributed by atoms with Gasteiger partial charge in [0.05, 0.1) is 23.5 Å². The van der Waals surface area contributed by atoms with Crippen molar-refractivity contribution in [3.63, 3.8) is 0 Å². The molecule has 0 spiro atoms. The zero-order chi connectivity index (χ0) is 18.6. The van der Waals surface area contributed by atoms with Gasteiger partial charge in [0.1, 0.15) is 0 Å². The fourth-order valence-electron chi connectivity index (χ4n) is 4.16. The van der Waals surface area contributed by atoms with Crippen LogP contribution < -0.4 is 0 Å². The molecule has 1 aliphatic heterocycles. The lowest BCUT2D eigenvalue weighted by molar-refractivity contribution is 0.109. The molecular weight excluding hydrogens is 332 g/mol. The number of hydrogen-bond acceptors (Lipinski definition) is 4. The fourth-order valence-corrected chi connectivity index (χ4v) is 4.16. The van der Waals surface area contributed by atoms with Crippen molar-refractivity contribution in [2.24, 2.45) is 0 Å². The van der Waals surface area contributed by atoms with E-state index in [1.54, 1.807) is 0 Å². The van der Waals surface area contributed by atoms with Gasteiger partial charge in [0, 0.05) is 30.7 Å². The van der Waals surface area contributed by atoms with Gasteiger partial charge in [-0.2, -0.15) is 0 Å². The first-order valence-electron chi connectivity index (χ1n) is 9.70. The van der Waals surface area contributed by atoms with Gasteiger partial charge in [0.15, 0.2) is 0 Å². The van der Waals surface area contributed by atoms with Crippen LogP contribution >= 0.6 is 0 Å². The summed E-state index contributed by atoms with van der Waals surface area (Å²) in [6.45, 7) is 2.16. The summed E-state index contributed by atoms with van der Waals surface area (Å²) < 4.78 is 0. The summed E-state index contributed by atoms with van der Waals surface area (Å²) >= 11 is 0. The summed E-state index contributed by atoms with van der Waals surface area (Å²) in [5.41, 5.74) is 5.94. The fraction of sp³-hybridized carbons (Fsp3) is 0.348. The molecule has 0 bridgehead atoms. The van der Waals surface area contributed by atoms with Crippen LogP contribution in [0.15, 0.2) is 61.1 Å². The van der Waals surface area contributed by atoms with E-state index in [2.05, 4.69) is 59.2 Å². The van der Waals surface area contributed by atoms with Crippen LogP contribution in [0.2, 0.25) is 0 Å². The normalized spacial score (nSPS) is 20.5. The highest BCUT2D eigenvalue weighted by Crippen LogP contribution is 2.39. The van der Waals surface area contributed by atoms with Crippen molar-refractivity contribution in [1.82, 2.24) is 19.9 Å². The molecule has 2 atom stereocenters. The lowest BCUT2D eigenvalue weighted by Gasteiger charge is -2.39.